The molecule has 1 unspecified atom stereocenters. The maximum Gasteiger partial charge on any atom is 0.247 e. The number of thiocarbonyl (C=S) groups is 1. The van der Waals surface area contributed by atoms with Crippen LogP contribution in [0.15, 0.2) is 35.5 Å². The van der Waals surface area contributed by atoms with Crippen molar-refractivity contribution in [2.75, 3.05) is 0 Å². The fourth-order valence-corrected chi connectivity index (χ4v) is 3.65. The lowest BCUT2D eigenvalue weighted by molar-refractivity contribution is -0.307. The Morgan fingerprint density at radius 1 is 1.36 bits per heavy atom. The summed E-state index contributed by atoms with van der Waals surface area (Å²) in [6, 6.07) is 6.28. The van der Waals surface area contributed by atoms with Gasteiger partial charge in [-0.05, 0) is 36.7 Å². The van der Waals surface area contributed by atoms with Gasteiger partial charge in [0.05, 0.1) is 12.0 Å². The van der Waals surface area contributed by atoms with Crippen LogP contribution in [-0.4, -0.2) is 51.1 Å². The summed E-state index contributed by atoms with van der Waals surface area (Å²) in [6.45, 7) is 0. The SMILES string of the molecule is O=C1NC(=S)N(C2CC2)C(=O)C1C=N[C@H](Cc1c[nH]c2ccccc12)C(=O)[O-]. The van der Waals surface area contributed by atoms with E-state index in [0.29, 0.717) is 0 Å². The minimum absolute atomic E-state index is 0.000317. The number of carbonyl (C=O) groups excluding carboxylic acids is 3. The van der Waals surface area contributed by atoms with Gasteiger partial charge in [0, 0.05) is 35.8 Å². The first kappa shape index (κ1) is 18.3. The topological polar surface area (TPSA) is 118 Å². The Balaban J connectivity index is 1.54. The Morgan fingerprint density at radius 3 is 2.82 bits per heavy atom. The van der Waals surface area contributed by atoms with Crippen LogP contribution in [0.2, 0.25) is 0 Å². The van der Waals surface area contributed by atoms with E-state index in [1.165, 1.54) is 4.90 Å². The van der Waals surface area contributed by atoms with Gasteiger partial charge >= 0.3 is 0 Å². The average molecular weight is 397 g/mol. The summed E-state index contributed by atoms with van der Waals surface area (Å²) in [5, 5.41) is 15.1. The molecule has 144 valence electrons. The lowest BCUT2D eigenvalue weighted by Crippen LogP contribution is -2.59. The zero-order valence-corrected chi connectivity index (χ0v) is 15.6. The van der Waals surface area contributed by atoms with Crippen molar-refractivity contribution in [3.63, 3.8) is 0 Å². The highest BCUT2D eigenvalue weighted by Gasteiger charge is 2.44. The summed E-state index contributed by atoms with van der Waals surface area (Å²) in [5.41, 5.74) is 1.65. The van der Waals surface area contributed by atoms with Gasteiger partial charge in [-0.2, -0.15) is 0 Å². The number of fused-ring (bicyclic) bond motifs is 1. The molecule has 0 bridgehead atoms. The lowest BCUT2D eigenvalue weighted by Gasteiger charge is -2.31. The molecule has 1 aliphatic heterocycles. The van der Waals surface area contributed by atoms with Gasteiger partial charge in [0.1, 0.15) is 0 Å². The van der Waals surface area contributed by atoms with Crippen molar-refractivity contribution in [3.8, 4) is 0 Å². The van der Waals surface area contributed by atoms with Gasteiger partial charge in [0.2, 0.25) is 11.8 Å². The smallest absolute Gasteiger partial charge is 0.247 e. The van der Waals surface area contributed by atoms with Crippen LogP contribution in [0.4, 0.5) is 0 Å². The molecule has 1 aliphatic carbocycles. The van der Waals surface area contributed by atoms with Crippen molar-refractivity contribution >= 4 is 52.2 Å². The zero-order chi connectivity index (χ0) is 19.8. The number of nitrogens with zero attached hydrogens (tertiary/aromatic N) is 2. The van der Waals surface area contributed by atoms with Crippen LogP contribution in [-0.2, 0) is 20.8 Å². The molecule has 1 aromatic heterocycles. The molecule has 1 saturated heterocycles. The molecule has 0 radical (unpaired) electrons. The number of nitrogens with one attached hydrogen (secondary N) is 2. The molecular formula is C19H17N4O4S-. The van der Waals surface area contributed by atoms with Gasteiger partial charge in [-0.3, -0.25) is 19.5 Å². The van der Waals surface area contributed by atoms with E-state index in [-0.39, 0.29) is 17.6 Å². The largest absolute Gasteiger partial charge is 0.548 e. The van der Waals surface area contributed by atoms with Gasteiger partial charge in [-0.25, -0.2) is 0 Å². The third kappa shape index (κ3) is 3.40. The number of aliphatic carboxylic acids is 1. The summed E-state index contributed by atoms with van der Waals surface area (Å²) >= 11 is 5.07. The van der Waals surface area contributed by atoms with E-state index in [2.05, 4.69) is 15.3 Å². The number of amides is 2. The van der Waals surface area contributed by atoms with Crippen molar-refractivity contribution in [2.45, 2.75) is 31.3 Å². The molecule has 9 heteroatoms. The number of rotatable bonds is 6. The Labute approximate surface area is 165 Å². The minimum atomic E-state index is -1.38. The number of aromatic nitrogens is 1. The summed E-state index contributed by atoms with van der Waals surface area (Å²) in [7, 11) is 0. The Morgan fingerprint density at radius 2 is 2.11 bits per heavy atom. The van der Waals surface area contributed by atoms with Crippen molar-refractivity contribution in [1.82, 2.24) is 15.2 Å². The van der Waals surface area contributed by atoms with E-state index in [1.807, 2.05) is 24.3 Å². The first-order valence-corrected chi connectivity index (χ1v) is 9.33. The number of para-hydroxylation sites is 1. The van der Waals surface area contributed by atoms with Gasteiger partial charge in [-0.1, -0.05) is 18.2 Å². The van der Waals surface area contributed by atoms with Crippen molar-refractivity contribution < 1.29 is 19.5 Å². The molecule has 2 aliphatic rings. The molecule has 2 aromatic rings. The average Bonchev–Trinajstić information content (AvgIpc) is 3.40. The second-order valence-electron chi connectivity index (χ2n) is 6.91. The molecule has 4 rings (SSSR count). The van der Waals surface area contributed by atoms with Crippen LogP contribution >= 0.6 is 12.2 Å². The number of aromatic amines is 1. The van der Waals surface area contributed by atoms with Gasteiger partial charge in [0.15, 0.2) is 11.0 Å². The van der Waals surface area contributed by atoms with E-state index in [4.69, 9.17) is 12.2 Å². The Kier molecular flexibility index (Phi) is 4.68. The summed E-state index contributed by atoms with van der Waals surface area (Å²) in [4.78, 5) is 44.9. The molecule has 2 fully saturated rings. The van der Waals surface area contributed by atoms with Crippen LogP contribution in [0.5, 0.6) is 0 Å². The zero-order valence-electron chi connectivity index (χ0n) is 14.8. The maximum atomic E-state index is 12.6. The van der Waals surface area contributed by atoms with Gasteiger partial charge < -0.3 is 20.2 Å². The third-order valence-electron chi connectivity index (χ3n) is 4.92. The number of carboxylic acid groups (broad SMARTS) is 1. The normalized spacial score (nSPS) is 21.4. The number of H-pyrrole nitrogens is 1. The van der Waals surface area contributed by atoms with E-state index < -0.39 is 29.7 Å². The second-order valence-corrected chi connectivity index (χ2v) is 7.29. The Bertz CT molecular complexity index is 1010. The van der Waals surface area contributed by atoms with Crippen LogP contribution in [0.1, 0.15) is 18.4 Å². The molecule has 2 heterocycles. The monoisotopic (exact) mass is 397 g/mol. The molecule has 28 heavy (non-hydrogen) atoms. The standard InChI is InChI=1S/C19H18N4O4S/c24-16-13(17(25)23(11-5-6-11)19(28)22-16)9-21-15(18(26)27)7-10-8-20-14-4-2-1-3-12(10)14/h1-4,8-9,11,13,15,20H,5-7H2,(H,26,27)(H,22,24,28)/p-1/t13?,15-/m1/s1. The first-order valence-electron chi connectivity index (χ1n) is 8.92. The molecule has 0 spiro atoms. The molecule has 2 N–H and O–H groups in total. The molecule has 2 atom stereocenters. The summed E-state index contributed by atoms with van der Waals surface area (Å²) < 4.78 is 0. The van der Waals surface area contributed by atoms with Crippen molar-refractivity contribution in [3.05, 3.63) is 36.0 Å². The maximum absolute atomic E-state index is 12.6. The number of benzene rings is 1. The highest BCUT2D eigenvalue weighted by Crippen LogP contribution is 2.29. The van der Waals surface area contributed by atoms with Gasteiger partial charge in [0.25, 0.3) is 0 Å². The van der Waals surface area contributed by atoms with Crippen molar-refractivity contribution in [2.24, 2.45) is 10.9 Å². The molecule has 1 aromatic carbocycles. The highest BCUT2D eigenvalue weighted by atomic mass is 32.1. The molecule has 8 nitrogen and oxygen atoms in total. The molecule has 2 amide bonds. The van der Waals surface area contributed by atoms with E-state index >= 15 is 0 Å². The van der Waals surface area contributed by atoms with Crippen LogP contribution in [0, 0.1) is 5.92 Å². The predicted molar refractivity (Wildman–Crippen MR) is 103 cm³/mol. The third-order valence-corrected chi connectivity index (χ3v) is 5.22. The molecular weight excluding hydrogens is 380 g/mol. The van der Waals surface area contributed by atoms with Crippen LogP contribution in [0.25, 0.3) is 10.9 Å². The van der Waals surface area contributed by atoms with E-state index in [1.54, 1.807) is 6.20 Å². The van der Waals surface area contributed by atoms with Gasteiger partial charge in [-0.15, -0.1) is 0 Å². The minimum Gasteiger partial charge on any atom is -0.548 e. The highest BCUT2D eigenvalue weighted by molar-refractivity contribution is 7.80. The first-order chi connectivity index (χ1) is 13.5. The number of carbonyl (C=O) groups is 3. The molecule has 1 saturated carbocycles. The number of hydrogen-bond acceptors (Lipinski definition) is 6. The van der Waals surface area contributed by atoms with Crippen LogP contribution < -0.4 is 10.4 Å². The fraction of sp³-hybridized carbons (Fsp3) is 0.316. The number of aliphatic imine (C=N–C) groups is 1. The summed E-state index contributed by atoms with van der Waals surface area (Å²) in [5.74, 6) is -3.64. The second kappa shape index (κ2) is 7.16. The van der Waals surface area contributed by atoms with Crippen molar-refractivity contribution in [1.29, 1.82) is 0 Å². The van der Waals surface area contributed by atoms with Crippen LogP contribution in [0.3, 0.4) is 0 Å². The number of hydrogen-bond donors (Lipinski definition) is 2. The number of carboxylic acids is 1. The quantitative estimate of drug-likeness (QED) is 0.402. The van der Waals surface area contributed by atoms with E-state index in [0.717, 1.165) is 35.5 Å². The van der Waals surface area contributed by atoms with E-state index in [9.17, 15) is 19.5 Å². The fourth-order valence-electron chi connectivity index (χ4n) is 3.31. The summed E-state index contributed by atoms with van der Waals surface area (Å²) in [6.07, 6.45) is 4.56. The lowest BCUT2D eigenvalue weighted by atomic mass is 10.0. The predicted octanol–water partition coefficient (Wildman–Crippen LogP) is -0.0784. The Hall–Kier alpha value is -3.07.